The molecule has 0 bridgehead atoms. The molecule has 6 nitrogen and oxygen atoms in total. The van der Waals surface area contributed by atoms with Gasteiger partial charge in [0, 0.05) is 6.42 Å². The van der Waals surface area contributed by atoms with E-state index < -0.39 is 11.9 Å². The number of hydrogen-bond donors (Lipinski definition) is 1. The number of esters is 2. The van der Waals surface area contributed by atoms with E-state index in [1.54, 1.807) is 12.3 Å². The molecule has 0 saturated heterocycles. The first-order valence-electron chi connectivity index (χ1n) is 5.52. The molecule has 1 N–H and O–H groups in total. The number of hydrogen-bond acceptors (Lipinski definition) is 6. The summed E-state index contributed by atoms with van der Waals surface area (Å²) in [5.74, 6) is -1.30. The fourth-order valence-electron chi connectivity index (χ4n) is 1.36. The molecule has 0 radical (unpaired) electrons. The van der Waals surface area contributed by atoms with E-state index in [0.717, 1.165) is 5.56 Å². The molecule has 0 aliphatic carbocycles. The van der Waals surface area contributed by atoms with Crippen LogP contribution >= 0.6 is 11.3 Å². The minimum absolute atomic E-state index is 0.000917. The third kappa shape index (κ3) is 4.06. The van der Waals surface area contributed by atoms with Crippen LogP contribution in [-0.4, -0.2) is 32.1 Å². The minimum Gasteiger partial charge on any atom is -0.469 e. The summed E-state index contributed by atoms with van der Waals surface area (Å²) in [6.07, 6.45) is 0.00164. The van der Waals surface area contributed by atoms with Crippen LogP contribution in [0.5, 0.6) is 0 Å². The Morgan fingerprint density at radius 1 is 1.21 bits per heavy atom. The first kappa shape index (κ1) is 15.2. The van der Waals surface area contributed by atoms with E-state index in [0.29, 0.717) is 10.6 Å². The van der Waals surface area contributed by atoms with Crippen molar-refractivity contribution < 1.29 is 23.9 Å². The lowest BCUT2D eigenvalue weighted by Gasteiger charge is -2.06. The van der Waals surface area contributed by atoms with Gasteiger partial charge in [0.15, 0.2) is 0 Å². The molecule has 0 spiro atoms. The van der Waals surface area contributed by atoms with Crippen LogP contribution in [-0.2, 0) is 19.1 Å². The number of amides is 1. The van der Waals surface area contributed by atoms with Crippen molar-refractivity contribution >= 4 is 34.9 Å². The molecular weight excluding hydrogens is 270 g/mol. The molecule has 7 heteroatoms. The van der Waals surface area contributed by atoms with Crippen molar-refractivity contribution in [3.63, 3.8) is 0 Å². The van der Waals surface area contributed by atoms with E-state index in [9.17, 15) is 14.4 Å². The maximum absolute atomic E-state index is 11.7. The van der Waals surface area contributed by atoms with Crippen molar-refractivity contribution in [2.45, 2.75) is 19.8 Å². The van der Waals surface area contributed by atoms with Crippen molar-refractivity contribution in [1.82, 2.24) is 0 Å². The van der Waals surface area contributed by atoms with Gasteiger partial charge in [-0.2, -0.15) is 0 Å². The van der Waals surface area contributed by atoms with Gasteiger partial charge in [0.2, 0.25) is 5.91 Å². The van der Waals surface area contributed by atoms with Crippen LogP contribution in [0.2, 0.25) is 0 Å². The number of thiophene rings is 1. The molecule has 0 unspecified atom stereocenters. The largest absolute Gasteiger partial charge is 0.469 e. The second-order valence-corrected chi connectivity index (χ2v) is 4.62. The molecule has 19 heavy (non-hydrogen) atoms. The van der Waals surface area contributed by atoms with Crippen molar-refractivity contribution in [2.24, 2.45) is 0 Å². The standard InChI is InChI=1S/C12H15NO5S/c1-7-6-19-11(12(16)18-3)10(7)13-8(14)4-5-9(15)17-2/h6H,4-5H2,1-3H3,(H,13,14). The van der Waals surface area contributed by atoms with E-state index in [-0.39, 0.29) is 18.7 Å². The molecular formula is C12H15NO5S. The lowest BCUT2D eigenvalue weighted by atomic mass is 10.2. The molecule has 0 aliphatic rings. The van der Waals surface area contributed by atoms with Crippen molar-refractivity contribution in [3.05, 3.63) is 15.8 Å². The highest BCUT2D eigenvalue weighted by atomic mass is 32.1. The summed E-state index contributed by atoms with van der Waals surface area (Å²) >= 11 is 1.20. The summed E-state index contributed by atoms with van der Waals surface area (Å²) < 4.78 is 9.08. The molecule has 1 rings (SSSR count). The summed E-state index contributed by atoms with van der Waals surface area (Å²) in [6.45, 7) is 1.78. The number of aryl methyl sites for hydroxylation is 1. The lowest BCUT2D eigenvalue weighted by molar-refractivity contribution is -0.141. The van der Waals surface area contributed by atoms with Gasteiger partial charge in [-0.25, -0.2) is 4.79 Å². The number of nitrogens with one attached hydrogen (secondary N) is 1. The smallest absolute Gasteiger partial charge is 0.350 e. The molecule has 1 amide bonds. The van der Waals surface area contributed by atoms with Crippen LogP contribution in [0.25, 0.3) is 0 Å². The fraction of sp³-hybridized carbons (Fsp3) is 0.417. The highest BCUT2D eigenvalue weighted by Gasteiger charge is 2.18. The van der Waals surface area contributed by atoms with Crippen LogP contribution in [0.3, 0.4) is 0 Å². The van der Waals surface area contributed by atoms with Crippen LogP contribution in [0.1, 0.15) is 28.1 Å². The second kappa shape index (κ2) is 6.89. The molecule has 1 heterocycles. The van der Waals surface area contributed by atoms with Crippen LogP contribution in [0.4, 0.5) is 5.69 Å². The molecule has 0 saturated carbocycles. The normalized spacial score (nSPS) is 9.84. The van der Waals surface area contributed by atoms with Gasteiger partial charge in [0.25, 0.3) is 0 Å². The Bertz CT molecular complexity index is 494. The molecule has 0 fully saturated rings. The van der Waals surface area contributed by atoms with Gasteiger partial charge in [-0.05, 0) is 17.9 Å². The first-order valence-corrected chi connectivity index (χ1v) is 6.40. The monoisotopic (exact) mass is 285 g/mol. The second-order valence-electron chi connectivity index (χ2n) is 3.74. The van der Waals surface area contributed by atoms with E-state index in [4.69, 9.17) is 0 Å². The van der Waals surface area contributed by atoms with E-state index in [1.165, 1.54) is 25.6 Å². The molecule has 0 aliphatic heterocycles. The van der Waals surface area contributed by atoms with E-state index >= 15 is 0 Å². The molecule has 1 aromatic rings. The van der Waals surface area contributed by atoms with Gasteiger partial charge < -0.3 is 14.8 Å². The highest BCUT2D eigenvalue weighted by Crippen LogP contribution is 2.28. The zero-order valence-electron chi connectivity index (χ0n) is 10.9. The zero-order chi connectivity index (χ0) is 14.4. The maximum Gasteiger partial charge on any atom is 0.350 e. The highest BCUT2D eigenvalue weighted by molar-refractivity contribution is 7.12. The Kier molecular flexibility index (Phi) is 5.50. The third-order valence-corrected chi connectivity index (χ3v) is 3.47. The predicted octanol–water partition coefficient (Wildman–Crippen LogP) is 1.73. The zero-order valence-corrected chi connectivity index (χ0v) is 11.8. The Balaban J connectivity index is 2.71. The quantitative estimate of drug-likeness (QED) is 0.833. The van der Waals surface area contributed by atoms with Gasteiger partial charge in [-0.15, -0.1) is 11.3 Å². The minimum atomic E-state index is -0.499. The number of carbonyl (C=O) groups is 3. The van der Waals surface area contributed by atoms with Gasteiger partial charge in [-0.1, -0.05) is 0 Å². The number of methoxy groups -OCH3 is 2. The maximum atomic E-state index is 11.7. The van der Waals surface area contributed by atoms with Crippen molar-refractivity contribution in [2.75, 3.05) is 19.5 Å². The Labute approximate surface area is 114 Å². The summed E-state index contributed by atoms with van der Waals surface area (Å²) in [4.78, 5) is 34.5. The molecule has 0 atom stereocenters. The summed E-state index contributed by atoms with van der Waals surface area (Å²) in [7, 11) is 2.54. The number of anilines is 1. The predicted molar refractivity (Wildman–Crippen MR) is 70.3 cm³/mol. The SMILES string of the molecule is COC(=O)CCC(=O)Nc1c(C)csc1C(=O)OC. The van der Waals surface area contributed by atoms with Crippen LogP contribution < -0.4 is 5.32 Å². The fourth-order valence-corrected chi connectivity index (χ4v) is 2.28. The Morgan fingerprint density at radius 2 is 1.89 bits per heavy atom. The van der Waals surface area contributed by atoms with Gasteiger partial charge in [0.05, 0.1) is 26.3 Å². The summed E-state index contributed by atoms with van der Waals surface area (Å²) in [5.41, 5.74) is 1.21. The Morgan fingerprint density at radius 3 is 2.47 bits per heavy atom. The molecule has 1 aromatic heterocycles. The Hall–Kier alpha value is -1.89. The molecule has 0 aromatic carbocycles. The van der Waals surface area contributed by atoms with Gasteiger partial charge >= 0.3 is 11.9 Å². The topological polar surface area (TPSA) is 81.7 Å². The molecule has 104 valence electrons. The van der Waals surface area contributed by atoms with Crippen LogP contribution in [0.15, 0.2) is 5.38 Å². The van der Waals surface area contributed by atoms with Crippen molar-refractivity contribution in [3.8, 4) is 0 Å². The first-order chi connectivity index (χ1) is 8.99. The summed E-state index contributed by atoms with van der Waals surface area (Å²) in [6, 6.07) is 0. The average molecular weight is 285 g/mol. The van der Waals surface area contributed by atoms with Gasteiger partial charge in [-0.3, -0.25) is 9.59 Å². The average Bonchev–Trinajstić information content (AvgIpc) is 2.76. The number of rotatable bonds is 5. The lowest BCUT2D eigenvalue weighted by Crippen LogP contribution is -2.16. The third-order valence-electron chi connectivity index (χ3n) is 2.39. The van der Waals surface area contributed by atoms with Crippen molar-refractivity contribution in [1.29, 1.82) is 0 Å². The summed E-state index contributed by atoms with van der Waals surface area (Å²) in [5, 5.41) is 4.37. The van der Waals surface area contributed by atoms with Gasteiger partial charge in [0.1, 0.15) is 4.88 Å². The number of ether oxygens (including phenoxy) is 2. The number of carbonyl (C=O) groups excluding carboxylic acids is 3. The van der Waals surface area contributed by atoms with E-state index in [2.05, 4.69) is 14.8 Å². The van der Waals surface area contributed by atoms with E-state index in [1.807, 2.05) is 0 Å². The van der Waals surface area contributed by atoms with Crippen LogP contribution in [0, 0.1) is 6.92 Å².